The Morgan fingerprint density at radius 1 is 1.16 bits per heavy atom. The normalized spacial score (nSPS) is 12.3. The molecule has 3 heteroatoms. The van der Waals surface area contributed by atoms with Crippen molar-refractivity contribution in [2.75, 3.05) is 6.61 Å². The van der Waals surface area contributed by atoms with Crippen LogP contribution in [0.15, 0.2) is 42.6 Å². The van der Waals surface area contributed by atoms with Crippen molar-refractivity contribution in [3.8, 4) is 16.9 Å². The van der Waals surface area contributed by atoms with Crippen LogP contribution in [0.1, 0.15) is 54.7 Å². The lowest BCUT2D eigenvalue weighted by Crippen LogP contribution is -2.00. The van der Waals surface area contributed by atoms with E-state index < -0.39 is 0 Å². The van der Waals surface area contributed by atoms with E-state index >= 15 is 0 Å². The average molecular weight is 335 g/mol. The van der Waals surface area contributed by atoms with Gasteiger partial charge in [0.1, 0.15) is 5.75 Å². The number of rotatable bonds is 6. The van der Waals surface area contributed by atoms with Crippen molar-refractivity contribution in [2.24, 2.45) is 0 Å². The first-order chi connectivity index (χ1) is 12.1. The second kappa shape index (κ2) is 7.14. The first kappa shape index (κ1) is 17.3. The number of benzene rings is 1. The predicted octanol–water partition coefficient (Wildman–Crippen LogP) is 5.64. The van der Waals surface area contributed by atoms with Gasteiger partial charge >= 0.3 is 0 Å². The quantitative estimate of drug-likeness (QED) is 0.546. The smallest absolute Gasteiger partial charge is 0.167 e. The zero-order chi connectivity index (χ0) is 18.0. The lowest BCUT2D eigenvalue weighted by atomic mass is 9.93. The first-order valence-electron chi connectivity index (χ1n) is 8.93. The molecule has 3 rings (SSSR count). The minimum absolute atomic E-state index is 0.403. The van der Waals surface area contributed by atoms with Crippen molar-refractivity contribution in [2.45, 2.75) is 40.0 Å². The molecule has 25 heavy (non-hydrogen) atoms. The van der Waals surface area contributed by atoms with Crippen molar-refractivity contribution < 1.29 is 9.53 Å². The topological polar surface area (TPSA) is 30.7 Å². The van der Waals surface area contributed by atoms with Gasteiger partial charge in [-0.1, -0.05) is 26.0 Å². The zero-order valence-electron chi connectivity index (χ0n) is 15.4. The molecule has 2 aromatic heterocycles. The van der Waals surface area contributed by atoms with E-state index in [1.807, 2.05) is 36.6 Å². The summed E-state index contributed by atoms with van der Waals surface area (Å²) in [6.45, 7) is 9.08. The molecule has 1 atom stereocenters. The molecule has 0 aliphatic heterocycles. The van der Waals surface area contributed by atoms with Crippen LogP contribution in [0.3, 0.4) is 0 Å². The Hall–Kier alpha value is -2.55. The molecule has 0 amide bonds. The van der Waals surface area contributed by atoms with Crippen molar-refractivity contribution in [1.29, 1.82) is 0 Å². The molecule has 0 radical (unpaired) electrons. The largest absolute Gasteiger partial charge is 0.494 e. The number of hydrogen-bond donors (Lipinski definition) is 0. The highest BCUT2D eigenvalue weighted by atomic mass is 16.5. The van der Waals surface area contributed by atoms with Gasteiger partial charge in [0, 0.05) is 17.3 Å². The van der Waals surface area contributed by atoms with Gasteiger partial charge in [0.2, 0.25) is 0 Å². The van der Waals surface area contributed by atoms with Crippen molar-refractivity contribution in [3.63, 3.8) is 0 Å². The second-order valence-electron chi connectivity index (χ2n) is 6.56. The van der Waals surface area contributed by atoms with E-state index in [4.69, 9.17) is 4.74 Å². The van der Waals surface area contributed by atoms with Crippen LogP contribution in [0, 0.1) is 6.92 Å². The minimum Gasteiger partial charge on any atom is -0.494 e. The van der Waals surface area contributed by atoms with Gasteiger partial charge in [-0.05, 0) is 67.1 Å². The molecule has 2 heterocycles. The van der Waals surface area contributed by atoms with E-state index in [-0.39, 0.29) is 0 Å². The highest BCUT2D eigenvalue weighted by molar-refractivity contribution is 5.90. The number of carbonyl (C=O) groups excluding carboxylic acids is 1. The van der Waals surface area contributed by atoms with E-state index in [2.05, 4.69) is 38.1 Å². The van der Waals surface area contributed by atoms with Gasteiger partial charge in [0.15, 0.2) is 6.29 Å². The number of nitrogens with zero attached hydrogens (tertiary/aromatic N) is 1. The van der Waals surface area contributed by atoms with Gasteiger partial charge in [-0.15, -0.1) is 0 Å². The number of aromatic nitrogens is 1. The SMILES string of the molecule is CCOc1ccc(-c2cc3ccc(C)cn3c2C=O)cc1C(C)CC. The number of hydrogen-bond acceptors (Lipinski definition) is 2. The van der Waals surface area contributed by atoms with E-state index in [0.717, 1.165) is 40.7 Å². The van der Waals surface area contributed by atoms with E-state index in [9.17, 15) is 4.79 Å². The molecule has 0 bridgehead atoms. The Kier molecular flexibility index (Phi) is 4.93. The third-order valence-electron chi connectivity index (χ3n) is 4.83. The third kappa shape index (κ3) is 3.19. The van der Waals surface area contributed by atoms with Crippen LogP contribution in [0.5, 0.6) is 5.75 Å². The van der Waals surface area contributed by atoms with E-state index in [1.54, 1.807) is 0 Å². The Morgan fingerprint density at radius 3 is 2.64 bits per heavy atom. The maximum absolute atomic E-state index is 11.8. The number of aldehydes is 1. The van der Waals surface area contributed by atoms with Crippen LogP contribution in [-0.4, -0.2) is 17.3 Å². The summed E-state index contributed by atoms with van der Waals surface area (Å²) < 4.78 is 7.78. The highest BCUT2D eigenvalue weighted by Crippen LogP contribution is 2.35. The molecule has 0 N–H and O–H groups in total. The lowest BCUT2D eigenvalue weighted by Gasteiger charge is -2.16. The van der Waals surface area contributed by atoms with Crippen molar-refractivity contribution in [1.82, 2.24) is 4.40 Å². The molecule has 1 aromatic carbocycles. The fourth-order valence-electron chi connectivity index (χ4n) is 3.26. The summed E-state index contributed by atoms with van der Waals surface area (Å²) in [6, 6.07) is 12.5. The predicted molar refractivity (Wildman–Crippen MR) is 103 cm³/mol. The lowest BCUT2D eigenvalue weighted by molar-refractivity contribution is 0.111. The third-order valence-corrected chi connectivity index (χ3v) is 4.83. The van der Waals surface area contributed by atoms with E-state index in [1.165, 1.54) is 5.56 Å². The Bertz CT molecular complexity index is 908. The van der Waals surface area contributed by atoms with Gasteiger partial charge in [0.05, 0.1) is 12.3 Å². The average Bonchev–Trinajstić information content (AvgIpc) is 2.99. The van der Waals surface area contributed by atoms with Crippen LogP contribution in [0.2, 0.25) is 0 Å². The summed E-state index contributed by atoms with van der Waals surface area (Å²) in [4.78, 5) is 11.8. The fraction of sp³-hybridized carbons (Fsp3) is 0.318. The van der Waals surface area contributed by atoms with Gasteiger partial charge in [-0.2, -0.15) is 0 Å². The Balaban J connectivity index is 2.19. The van der Waals surface area contributed by atoms with Crippen LogP contribution in [0.4, 0.5) is 0 Å². The number of fused-ring (bicyclic) bond motifs is 1. The number of aryl methyl sites for hydroxylation is 1. The van der Waals surface area contributed by atoms with Gasteiger partial charge in [-0.25, -0.2) is 0 Å². The van der Waals surface area contributed by atoms with Crippen LogP contribution in [0.25, 0.3) is 16.6 Å². The van der Waals surface area contributed by atoms with Gasteiger partial charge < -0.3 is 9.14 Å². The Labute approximate surface area is 149 Å². The van der Waals surface area contributed by atoms with Gasteiger partial charge in [0.25, 0.3) is 0 Å². The number of pyridine rings is 1. The van der Waals surface area contributed by atoms with Crippen molar-refractivity contribution >= 4 is 11.8 Å². The molecule has 0 saturated carbocycles. The molecule has 3 nitrogen and oxygen atoms in total. The Morgan fingerprint density at radius 2 is 1.96 bits per heavy atom. The maximum atomic E-state index is 11.8. The van der Waals surface area contributed by atoms with Gasteiger partial charge in [-0.3, -0.25) is 4.79 Å². The number of carbonyl (C=O) groups is 1. The fourth-order valence-corrected chi connectivity index (χ4v) is 3.26. The van der Waals surface area contributed by atoms with Crippen LogP contribution >= 0.6 is 0 Å². The second-order valence-corrected chi connectivity index (χ2v) is 6.56. The maximum Gasteiger partial charge on any atom is 0.167 e. The van der Waals surface area contributed by atoms with E-state index in [0.29, 0.717) is 18.2 Å². The molecule has 3 aromatic rings. The molecule has 0 spiro atoms. The van der Waals surface area contributed by atoms with Crippen LogP contribution in [-0.2, 0) is 0 Å². The first-order valence-corrected chi connectivity index (χ1v) is 8.93. The monoisotopic (exact) mass is 335 g/mol. The summed E-state index contributed by atoms with van der Waals surface area (Å²) in [6.07, 6.45) is 3.99. The molecule has 0 aliphatic carbocycles. The minimum atomic E-state index is 0.403. The molecular formula is C22H25NO2. The standard InChI is InChI=1S/C22H25NO2/c1-5-16(4)19-11-17(8-10-22(19)25-6-2)20-12-18-9-7-15(3)13-23(18)21(20)14-24/h7-14,16H,5-6H2,1-4H3. The molecule has 1 unspecified atom stereocenters. The van der Waals surface area contributed by atoms with Crippen LogP contribution < -0.4 is 4.74 Å². The molecule has 130 valence electrons. The number of ether oxygens (including phenoxy) is 1. The molecule has 0 fully saturated rings. The molecule has 0 saturated heterocycles. The van der Waals surface area contributed by atoms with Crippen molar-refractivity contribution in [3.05, 3.63) is 59.4 Å². The summed E-state index contributed by atoms with van der Waals surface area (Å²) in [7, 11) is 0. The summed E-state index contributed by atoms with van der Waals surface area (Å²) >= 11 is 0. The molecule has 0 aliphatic rings. The molecular weight excluding hydrogens is 310 g/mol. The summed E-state index contributed by atoms with van der Waals surface area (Å²) in [5.74, 6) is 1.34. The highest BCUT2D eigenvalue weighted by Gasteiger charge is 2.16. The zero-order valence-corrected chi connectivity index (χ0v) is 15.4. The summed E-state index contributed by atoms with van der Waals surface area (Å²) in [5.41, 5.74) is 6.07. The summed E-state index contributed by atoms with van der Waals surface area (Å²) in [5, 5.41) is 0.